The van der Waals surface area contributed by atoms with E-state index in [0.717, 1.165) is 54.8 Å². The number of hydrogen-bond acceptors (Lipinski definition) is 4. The van der Waals surface area contributed by atoms with Crippen LogP contribution >= 0.6 is 12.4 Å². The number of aryl methyl sites for hydroxylation is 1. The number of methoxy groups -OCH3 is 1. The van der Waals surface area contributed by atoms with E-state index in [9.17, 15) is 18.0 Å². The zero-order valence-corrected chi connectivity index (χ0v) is 18.4. The first-order valence-corrected chi connectivity index (χ1v) is 9.90. The monoisotopic (exact) mass is 455 g/mol. The summed E-state index contributed by atoms with van der Waals surface area (Å²) in [5.74, 6) is 0.273. The maximum Gasteiger partial charge on any atom is 0.416 e. The van der Waals surface area contributed by atoms with Gasteiger partial charge in [-0.15, -0.1) is 12.4 Å². The Kier molecular flexibility index (Phi) is 6.26. The fourth-order valence-electron chi connectivity index (χ4n) is 4.50. The van der Waals surface area contributed by atoms with E-state index in [1.165, 1.54) is 13.2 Å². The number of nitrogens with zero attached hydrogens (tertiary/aromatic N) is 2. The predicted molar refractivity (Wildman–Crippen MR) is 113 cm³/mol. The van der Waals surface area contributed by atoms with Crippen LogP contribution in [0.25, 0.3) is 11.1 Å². The van der Waals surface area contributed by atoms with Crippen LogP contribution in [0.15, 0.2) is 30.5 Å². The molecule has 0 radical (unpaired) electrons. The van der Waals surface area contributed by atoms with Crippen molar-refractivity contribution in [1.29, 1.82) is 0 Å². The maximum atomic E-state index is 13.1. The van der Waals surface area contributed by atoms with Crippen molar-refractivity contribution in [2.24, 2.45) is 0 Å². The lowest BCUT2D eigenvalue weighted by Gasteiger charge is -2.23. The van der Waals surface area contributed by atoms with E-state index in [1.54, 1.807) is 11.1 Å². The molecule has 31 heavy (non-hydrogen) atoms. The Morgan fingerprint density at radius 2 is 1.97 bits per heavy atom. The smallest absolute Gasteiger partial charge is 0.416 e. The number of carbonyl (C=O) groups is 1. The summed E-state index contributed by atoms with van der Waals surface area (Å²) in [5.41, 5.74) is 1.67. The third-order valence-corrected chi connectivity index (χ3v) is 6.24. The van der Waals surface area contributed by atoms with Gasteiger partial charge in [-0.25, -0.2) is 0 Å². The number of halogens is 4. The molecule has 0 aliphatic carbocycles. The van der Waals surface area contributed by atoms with Gasteiger partial charge in [0.15, 0.2) is 0 Å². The van der Waals surface area contributed by atoms with Gasteiger partial charge in [-0.3, -0.25) is 15.1 Å². The minimum absolute atomic E-state index is 0. The van der Waals surface area contributed by atoms with Crippen LogP contribution in [-0.4, -0.2) is 42.0 Å². The standard InChI is InChI=1S/C22H24F3N3O2.ClH/c1-13-12-26-18(17-6-7-21(27-17)8-9-28(2)20(21)29)11-16(13)15-5-4-14(22(23,24)25)10-19(15)30-3;/h4-5,10-12,17,27H,6-9H2,1-3H3;1H/t17-,21+;/m0./s1. The fraction of sp³-hybridized carbons (Fsp3) is 0.455. The zero-order valence-electron chi connectivity index (χ0n) is 17.5. The number of benzene rings is 1. The number of aromatic nitrogens is 1. The predicted octanol–water partition coefficient (Wildman–Crippen LogP) is 4.53. The third-order valence-electron chi connectivity index (χ3n) is 6.24. The number of carbonyl (C=O) groups excluding carboxylic acids is 1. The molecule has 1 aromatic carbocycles. The molecule has 2 aliphatic rings. The average molecular weight is 456 g/mol. The van der Waals surface area contributed by atoms with Crippen LogP contribution in [0.5, 0.6) is 5.75 Å². The number of likely N-dealkylation sites (N-methyl/N-ethyl adjacent to an activating group) is 1. The van der Waals surface area contributed by atoms with Crippen LogP contribution < -0.4 is 10.1 Å². The third kappa shape index (κ3) is 4.11. The highest BCUT2D eigenvalue weighted by atomic mass is 35.5. The minimum atomic E-state index is -4.44. The molecule has 1 aromatic heterocycles. The summed E-state index contributed by atoms with van der Waals surface area (Å²) in [7, 11) is 3.17. The van der Waals surface area contributed by atoms with E-state index in [-0.39, 0.29) is 30.1 Å². The number of alkyl halides is 3. The summed E-state index contributed by atoms with van der Waals surface area (Å²) in [4.78, 5) is 18.9. The molecule has 5 nitrogen and oxygen atoms in total. The van der Waals surface area contributed by atoms with Crippen LogP contribution in [0, 0.1) is 6.92 Å². The molecule has 1 amide bonds. The molecule has 2 aromatic rings. The summed E-state index contributed by atoms with van der Waals surface area (Å²) < 4.78 is 44.5. The van der Waals surface area contributed by atoms with E-state index in [0.29, 0.717) is 5.56 Å². The van der Waals surface area contributed by atoms with Gasteiger partial charge in [0.25, 0.3) is 0 Å². The summed E-state index contributed by atoms with van der Waals surface area (Å²) in [5, 5.41) is 3.48. The number of ether oxygens (including phenoxy) is 1. The van der Waals surface area contributed by atoms with Gasteiger partial charge in [0.2, 0.25) is 5.91 Å². The van der Waals surface area contributed by atoms with Gasteiger partial charge in [-0.2, -0.15) is 13.2 Å². The summed E-state index contributed by atoms with van der Waals surface area (Å²) >= 11 is 0. The molecule has 9 heteroatoms. The van der Waals surface area contributed by atoms with Crippen molar-refractivity contribution in [3.05, 3.63) is 47.3 Å². The number of nitrogens with one attached hydrogen (secondary N) is 1. The van der Waals surface area contributed by atoms with Crippen molar-refractivity contribution in [3.8, 4) is 16.9 Å². The Morgan fingerprint density at radius 1 is 1.23 bits per heavy atom. The van der Waals surface area contributed by atoms with Gasteiger partial charge in [-0.1, -0.05) is 6.07 Å². The number of rotatable bonds is 3. The molecular formula is C22H25ClF3N3O2. The van der Waals surface area contributed by atoms with Crippen LogP contribution in [0.1, 0.15) is 42.1 Å². The van der Waals surface area contributed by atoms with Gasteiger partial charge >= 0.3 is 6.18 Å². The molecule has 3 heterocycles. The van der Waals surface area contributed by atoms with Gasteiger partial charge < -0.3 is 9.64 Å². The molecule has 0 unspecified atom stereocenters. The number of pyridine rings is 1. The number of hydrogen-bond donors (Lipinski definition) is 1. The second kappa shape index (κ2) is 8.31. The maximum absolute atomic E-state index is 13.1. The highest BCUT2D eigenvalue weighted by molar-refractivity contribution is 5.88. The highest BCUT2D eigenvalue weighted by Gasteiger charge is 2.50. The van der Waals surface area contributed by atoms with E-state index in [4.69, 9.17) is 4.74 Å². The second-order valence-corrected chi connectivity index (χ2v) is 8.13. The number of amides is 1. The largest absolute Gasteiger partial charge is 0.496 e. The SMILES string of the molecule is COc1cc(C(F)(F)F)ccc1-c1cc([C@@H]2CC[C@]3(CCN(C)C3=O)N2)ncc1C.Cl. The van der Waals surface area contributed by atoms with Gasteiger partial charge in [0.1, 0.15) is 11.3 Å². The van der Waals surface area contributed by atoms with Crippen molar-refractivity contribution < 1.29 is 22.7 Å². The van der Waals surface area contributed by atoms with Gasteiger partial charge in [0.05, 0.1) is 24.4 Å². The Balaban J connectivity index is 0.00000272. The Morgan fingerprint density at radius 3 is 2.58 bits per heavy atom. The molecule has 2 saturated heterocycles. The van der Waals surface area contributed by atoms with Crippen molar-refractivity contribution in [3.63, 3.8) is 0 Å². The van der Waals surface area contributed by atoms with Crippen molar-refractivity contribution in [2.45, 2.75) is 43.9 Å². The molecule has 2 fully saturated rings. The summed E-state index contributed by atoms with van der Waals surface area (Å²) in [6, 6.07) is 5.32. The lowest BCUT2D eigenvalue weighted by Crippen LogP contribution is -2.47. The molecular weight excluding hydrogens is 431 g/mol. The lowest BCUT2D eigenvalue weighted by atomic mass is 9.95. The van der Waals surface area contributed by atoms with E-state index in [2.05, 4.69) is 10.3 Å². The minimum Gasteiger partial charge on any atom is -0.496 e. The Bertz CT molecular complexity index is 998. The molecule has 0 bridgehead atoms. The Labute approximate surface area is 185 Å². The normalized spacial score (nSPS) is 23.4. The average Bonchev–Trinajstić information content (AvgIpc) is 3.27. The van der Waals surface area contributed by atoms with Crippen LogP contribution in [0.4, 0.5) is 13.2 Å². The van der Waals surface area contributed by atoms with Gasteiger partial charge in [-0.05, 0) is 55.5 Å². The van der Waals surface area contributed by atoms with Crippen molar-refractivity contribution in [2.75, 3.05) is 20.7 Å². The second-order valence-electron chi connectivity index (χ2n) is 8.13. The van der Waals surface area contributed by atoms with Crippen molar-refractivity contribution in [1.82, 2.24) is 15.2 Å². The first-order valence-electron chi connectivity index (χ1n) is 9.90. The molecule has 0 saturated carbocycles. The van der Waals surface area contributed by atoms with Gasteiger partial charge in [0, 0.05) is 25.4 Å². The molecule has 1 spiro atoms. The van der Waals surface area contributed by atoms with Crippen molar-refractivity contribution >= 4 is 18.3 Å². The highest BCUT2D eigenvalue weighted by Crippen LogP contribution is 2.41. The van der Waals surface area contributed by atoms with Crippen LogP contribution in [-0.2, 0) is 11.0 Å². The molecule has 2 atom stereocenters. The quantitative estimate of drug-likeness (QED) is 0.738. The fourth-order valence-corrected chi connectivity index (χ4v) is 4.50. The van der Waals surface area contributed by atoms with Crippen LogP contribution in [0.3, 0.4) is 0 Å². The molecule has 168 valence electrons. The first kappa shape index (κ1) is 23.3. The molecule has 2 aliphatic heterocycles. The lowest BCUT2D eigenvalue weighted by molar-refractivity contribution is -0.137. The van der Waals surface area contributed by atoms with Crippen LogP contribution in [0.2, 0.25) is 0 Å². The molecule has 1 N–H and O–H groups in total. The topological polar surface area (TPSA) is 54.5 Å². The summed E-state index contributed by atoms with van der Waals surface area (Å²) in [6.45, 7) is 2.59. The Hall–Kier alpha value is -2.32. The summed E-state index contributed by atoms with van der Waals surface area (Å²) in [6.07, 6.45) is -0.427. The van der Waals surface area contributed by atoms with E-state index in [1.807, 2.05) is 20.0 Å². The number of likely N-dealkylation sites (tertiary alicyclic amines) is 1. The first-order chi connectivity index (χ1) is 14.1. The van der Waals surface area contributed by atoms with E-state index < -0.39 is 17.3 Å². The zero-order chi connectivity index (χ0) is 21.7. The molecule has 4 rings (SSSR count). The van der Waals surface area contributed by atoms with E-state index >= 15 is 0 Å².